The zero-order chi connectivity index (χ0) is 25.3. The number of hydrogen-bond donors (Lipinski definition) is 1. The highest BCUT2D eigenvalue weighted by Gasteiger charge is 2.57. The van der Waals surface area contributed by atoms with Crippen molar-refractivity contribution in [3.63, 3.8) is 0 Å². The average molecular weight is 506 g/mol. The summed E-state index contributed by atoms with van der Waals surface area (Å²) >= 11 is 6.30. The van der Waals surface area contributed by atoms with E-state index in [9.17, 15) is 24.3 Å². The lowest BCUT2D eigenvalue weighted by atomic mass is 9.59. The Hall–Kier alpha value is -2.99. The Bertz CT molecular complexity index is 1310. The fourth-order valence-corrected chi connectivity index (χ4v) is 7.38. The summed E-state index contributed by atoms with van der Waals surface area (Å²) < 4.78 is 0. The molecule has 7 heteroatoms. The van der Waals surface area contributed by atoms with Crippen LogP contribution < -0.4 is 0 Å². The van der Waals surface area contributed by atoms with E-state index in [0.717, 1.165) is 37.7 Å². The number of imide groups is 1. The maximum atomic E-state index is 13.9. The van der Waals surface area contributed by atoms with Crippen molar-refractivity contribution in [2.24, 2.45) is 17.8 Å². The van der Waals surface area contributed by atoms with Crippen LogP contribution in [0, 0.1) is 17.8 Å². The summed E-state index contributed by atoms with van der Waals surface area (Å²) in [4.78, 5) is 55.5. The Labute approximate surface area is 214 Å². The van der Waals surface area contributed by atoms with Crippen LogP contribution in [0.3, 0.4) is 0 Å². The summed E-state index contributed by atoms with van der Waals surface area (Å²) in [6.45, 7) is 1.62. The van der Waals surface area contributed by atoms with Crippen LogP contribution >= 0.6 is 11.6 Å². The number of ketones is 2. The molecule has 0 bridgehead atoms. The van der Waals surface area contributed by atoms with Crippen LogP contribution in [-0.2, 0) is 19.2 Å². The lowest BCUT2D eigenvalue weighted by Gasteiger charge is -2.42. The third kappa shape index (κ3) is 3.37. The molecular formula is C29H28ClNO5. The van der Waals surface area contributed by atoms with Gasteiger partial charge in [-0.1, -0.05) is 42.5 Å². The molecule has 1 aliphatic heterocycles. The van der Waals surface area contributed by atoms with Gasteiger partial charge in [0.15, 0.2) is 11.6 Å². The summed E-state index contributed by atoms with van der Waals surface area (Å²) in [5.41, 5.74) is 2.37. The molecule has 36 heavy (non-hydrogen) atoms. The highest BCUT2D eigenvalue weighted by molar-refractivity contribution is 6.30. The number of allylic oxidation sites excluding steroid dienone is 6. The number of nitrogens with zero attached hydrogens (tertiary/aromatic N) is 1. The number of carbonyl (C=O) groups is 4. The number of rotatable bonds is 2. The number of fused-ring (bicyclic) bond motifs is 3. The van der Waals surface area contributed by atoms with E-state index >= 15 is 0 Å². The van der Waals surface area contributed by atoms with E-state index in [1.807, 2.05) is 6.08 Å². The molecule has 2 amide bonds. The van der Waals surface area contributed by atoms with Crippen LogP contribution in [0.5, 0.6) is 5.75 Å². The molecule has 4 aliphatic carbocycles. The molecule has 186 valence electrons. The molecular weight excluding hydrogens is 478 g/mol. The fraction of sp³-hybridized carbons (Fsp3) is 0.448. The maximum absolute atomic E-state index is 13.9. The topological polar surface area (TPSA) is 91.8 Å². The molecule has 0 radical (unpaired) electrons. The summed E-state index contributed by atoms with van der Waals surface area (Å²) in [6, 6.07) is 4.63. The Kier molecular flexibility index (Phi) is 5.56. The summed E-state index contributed by atoms with van der Waals surface area (Å²) in [7, 11) is 0. The van der Waals surface area contributed by atoms with Gasteiger partial charge in [-0.2, -0.15) is 0 Å². The normalized spacial score (nSPS) is 30.7. The summed E-state index contributed by atoms with van der Waals surface area (Å²) in [5, 5.41) is 11.2. The van der Waals surface area contributed by atoms with Gasteiger partial charge in [-0.05, 0) is 62.8 Å². The number of likely N-dealkylation sites (tertiary alicyclic amines) is 1. The van der Waals surface area contributed by atoms with E-state index in [2.05, 4.69) is 0 Å². The predicted octanol–water partition coefficient (Wildman–Crippen LogP) is 4.81. The maximum Gasteiger partial charge on any atom is 0.233 e. The van der Waals surface area contributed by atoms with Gasteiger partial charge in [0.2, 0.25) is 11.8 Å². The van der Waals surface area contributed by atoms with Crippen LogP contribution in [0.4, 0.5) is 0 Å². The molecule has 1 N–H and O–H groups in total. The summed E-state index contributed by atoms with van der Waals surface area (Å²) in [6.07, 6.45) is 8.81. The highest BCUT2D eigenvalue weighted by atomic mass is 35.5. The van der Waals surface area contributed by atoms with Crippen LogP contribution in [0.25, 0.3) is 0 Å². The molecule has 4 atom stereocenters. The smallest absolute Gasteiger partial charge is 0.233 e. The third-order valence-electron chi connectivity index (χ3n) is 8.84. The third-order valence-corrected chi connectivity index (χ3v) is 9.07. The first kappa shape index (κ1) is 23.4. The Morgan fingerprint density at radius 3 is 2.50 bits per heavy atom. The van der Waals surface area contributed by atoms with E-state index in [1.54, 1.807) is 19.1 Å². The van der Waals surface area contributed by atoms with Gasteiger partial charge in [-0.15, -0.1) is 0 Å². The molecule has 1 saturated carbocycles. The van der Waals surface area contributed by atoms with Gasteiger partial charge in [-0.3, -0.25) is 24.1 Å². The van der Waals surface area contributed by atoms with Crippen molar-refractivity contribution < 1.29 is 24.3 Å². The van der Waals surface area contributed by atoms with Crippen LogP contribution in [0.2, 0.25) is 5.02 Å². The second-order valence-electron chi connectivity index (χ2n) is 10.8. The number of aromatic hydroxyl groups is 1. The Morgan fingerprint density at radius 2 is 1.75 bits per heavy atom. The van der Waals surface area contributed by atoms with Crippen molar-refractivity contribution in [2.75, 3.05) is 0 Å². The molecule has 1 saturated heterocycles. The molecule has 6 rings (SSSR count). The first-order valence-corrected chi connectivity index (χ1v) is 13.2. The standard InChI is InChI=1S/C29H28ClNO5/c1-14-11-23(33)21-13-19-17(24(26(21)27(14)34)20-12-15(30)7-10-22(20)32)8-9-18-25(19)29(36)31(28(18)35)16-5-3-2-4-6-16/h7-8,10-12,16,18-19,24-25,32H,2-6,9,13H2,1H3. The largest absolute Gasteiger partial charge is 0.508 e. The number of amides is 2. The molecule has 5 aliphatic rings. The second kappa shape index (κ2) is 8.55. The van der Waals surface area contributed by atoms with Gasteiger partial charge in [-0.25, -0.2) is 0 Å². The quantitative estimate of drug-likeness (QED) is 0.354. The number of Topliss-reactive ketones (excluding diaryl/α,β-unsaturated/α-hetero) is 1. The number of benzene rings is 1. The van der Waals surface area contributed by atoms with Crippen LogP contribution in [0.1, 0.15) is 63.4 Å². The Morgan fingerprint density at radius 1 is 1.00 bits per heavy atom. The number of hydrogen-bond acceptors (Lipinski definition) is 5. The average Bonchev–Trinajstić information content (AvgIpc) is 3.13. The van der Waals surface area contributed by atoms with Crippen LogP contribution in [-0.4, -0.2) is 39.4 Å². The fourth-order valence-electron chi connectivity index (χ4n) is 7.20. The number of carbonyl (C=O) groups excluding carboxylic acids is 4. The highest BCUT2D eigenvalue weighted by Crippen LogP contribution is 2.56. The minimum absolute atomic E-state index is 0.0231. The predicted molar refractivity (Wildman–Crippen MR) is 133 cm³/mol. The lowest BCUT2D eigenvalue weighted by Crippen LogP contribution is -2.43. The van der Waals surface area contributed by atoms with E-state index < -0.39 is 17.8 Å². The van der Waals surface area contributed by atoms with Crippen molar-refractivity contribution in [3.8, 4) is 5.75 Å². The minimum Gasteiger partial charge on any atom is -0.508 e. The number of halogens is 1. The Balaban J connectivity index is 1.48. The first-order valence-electron chi connectivity index (χ1n) is 12.8. The number of phenolic OH excluding ortho intramolecular Hbond substituents is 1. The van der Waals surface area contributed by atoms with Gasteiger partial charge in [0.25, 0.3) is 0 Å². The van der Waals surface area contributed by atoms with Crippen molar-refractivity contribution in [1.82, 2.24) is 4.90 Å². The second-order valence-corrected chi connectivity index (χ2v) is 11.2. The lowest BCUT2D eigenvalue weighted by molar-refractivity contribution is -0.143. The zero-order valence-electron chi connectivity index (χ0n) is 20.1. The van der Waals surface area contributed by atoms with Gasteiger partial charge < -0.3 is 5.11 Å². The summed E-state index contributed by atoms with van der Waals surface area (Å²) in [5.74, 6) is -2.83. The molecule has 1 heterocycles. The van der Waals surface area contributed by atoms with Gasteiger partial charge in [0.1, 0.15) is 5.75 Å². The molecule has 2 fully saturated rings. The molecule has 1 aromatic rings. The van der Waals surface area contributed by atoms with Crippen molar-refractivity contribution in [3.05, 3.63) is 63.2 Å². The van der Waals surface area contributed by atoms with Crippen LogP contribution in [0.15, 0.2) is 52.6 Å². The van der Waals surface area contributed by atoms with E-state index in [-0.39, 0.29) is 47.5 Å². The van der Waals surface area contributed by atoms with E-state index in [0.29, 0.717) is 33.7 Å². The molecule has 0 spiro atoms. The number of phenols is 1. The SMILES string of the molecule is CC1=CC(=O)C2=C(C1=O)C(c1cc(Cl)ccc1O)C1=CCC3C(=O)N(C4CCCCC4)C(=O)C3C1C2. The van der Waals surface area contributed by atoms with Gasteiger partial charge in [0.05, 0.1) is 11.8 Å². The molecule has 1 aromatic carbocycles. The molecule has 0 aromatic heterocycles. The zero-order valence-corrected chi connectivity index (χ0v) is 20.9. The van der Waals surface area contributed by atoms with Crippen molar-refractivity contribution in [1.29, 1.82) is 0 Å². The van der Waals surface area contributed by atoms with Gasteiger partial charge >= 0.3 is 0 Å². The van der Waals surface area contributed by atoms with E-state index in [4.69, 9.17) is 11.6 Å². The van der Waals surface area contributed by atoms with Crippen molar-refractivity contribution in [2.45, 2.75) is 63.8 Å². The minimum atomic E-state index is -0.690. The van der Waals surface area contributed by atoms with Crippen molar-refractivity contribution >= 4 is 35.0 Å². The molecule has 6 nitrogen and oxygen atoms in total. The van der Waals surface area contributed by atoms with E-state index in [1.165, 1.54) is 17.0 Å². The molecule has 4 unspecified atom stereocenters. The van der Waals surface area contributed by atoms with Gasteiger partial charge in [0, 0.05) is 39.3 Å². The first-order chi connectivity index (χ1) is 17.3. The monoisotopic (exact) mass is 505 g/mol.